The summed E-state index contributed by atoms with van der Waals surface area (Å²) >= 11 is 31.5. The number of carbonyl (C=O) groups excluding carboxylic acids is 3. The van der Waals surface area contributed by atoms with Crippen LogP contribution in [0.25, 0.3) is 0 Å². The molecule has 0 aliphatic heterocycles. The number of hydrogen-bond acceptors (Lipinski definition) is 5. The number of anilines is 3. The fourth-order valence-corrected chi connectivity index (χ4v) is 6.75. The van der Waals surface area contributed by atoms with Gasteiger partial charge in [-0.2, -0.15) is 4.90 Å². The molecule has 9 nitrogen and oxygen atoms in total. The predicted molar refractivity (Wildman–Crippen MR) is 187 cm³/mol. The number of carbonyl (C=O) groups is 4. The molecule has 3 N–H and O–H groups in total. The van der Waals surface area contributed by atoms with Crippen molar-refractivity contribution in [1.29, 1.82) is 0 Å². The van der Waals surface area contributed by atoms with Crippen LogP contribution in [0.3, 0.4) is 0 Å². The Hall–Kier alpha value is -3.28. The lowest BCUT2D eigenvalue weighted by molar-refractivity contribution is -0.117. The third-order valence-corrected chi connectivity index (χ3v) is 8.89. The molecular weight excluding hydrogens is 731 g/mol. The van der Waals surface area contributed by atoms with Crippen LogP contribution in [0, 0.1) is 11.7 Å². The van der Waals surface area contributed by atoms with Crippen molar-refractivity contribution in [3.8, 4) is 0 Å². The third-order valence-electron chi connectivity index (χ3n) is 7.19. The Morgan fingerprint density at radius 2 is 1.50 bits per heavy atom. The van der Waals surface area contributed by atoms with Crippen molar-refractivity contribution < 1.29 is 33.4 Å². The maximum absolute atomic E-state index is 16.1. The Morgan fingerprint density at radius 1 is 0.896 bits per heavy atom. The molecule has 0 saturated heterocycles. The highest BCUT2D eigenvalue weighted by molar-refractivity contribution is 6.53. The number of ether oxygens (including phenoxy) is 1. The summed E-state index contributed by atoms with van der Waals surface area (Å²) in [6.45, 7) is 9.54. The first-order valence-electron chi connectivity index (χ1n) is 14.4. The van der Waals surface area contributed by atoms with Crippen molar-refractivity contribution in [2.24, 2.45) is 5.92 Å². The number of imide groups is 1. The van der Waals surface area contributed by atoms with E-state index in [0.717, 1.165) is 6.07 Å². The van der Waals surface area contributed by atoms with Crippen molar-refractivity contribution in [2.45, 2.75) is 62.8 Å². The second-order valence-corrected chi connectivity index (χ2v) is 15.9. The van der Waals surface area contributed by atoms with Gasteiger partial charge in [0.05, 0.1) is 22.2 Å². The largest absolute Gasteiger partial charge is 0.464 e. The summed E-state index contributed by atoms with van der Waals surface area (Å²) in [7, 11) is 0. The minimum Gasteiger partial charge on any atom is -0.464 e. The first kappa shape index (κ1) is 37.5. The average Bonchev–Trinajstić information content (AvgIpc) is 3.50. The topological polar surface area (TPSA) is 125 Å². The summed E-state index contributed by atoms with van der Waals surface area (Å²) in [5, 5.41) is 15.8. The number of benzene rings is 3. The van der Waals surface area contributed by atoms with E-state index in [2.05, 4.69) is 10.6 Å². The molecule has 1 aliphatic carbocycles. The average molecular weight is 762 g/mol. The molecule has 0 bridgehead atoms. The molecule has 48 heavy (non-hydrogen) atoms. The highest BCUT2D eigenvalue weighted by Crippen LogP contribution is 2.65. The van der Waals surface area contributed by atoms with E-state index in [4.69, 9.17) is 62.7 Å². The summed E-state index contributed by atoms with van der Waals surface area (Å²) in [5.41, 5.74) is -2.04. The van der Waals surface area contributed by atoms with Gasteiger partial charge in [0, 0.05) is 32.9 Å². The van der Waals surface area contributed by atoms with E-state index in [9.17, 15) is 24.3 Å². The fraction of sp³-hybridized carbons (Fsp3) is 0.333. The van der Waals surface area contributed by atoms with Gasteiger partial charge in [0.1, 0.15) is 9.93 Å². The van der Waals surface area contributed by atoms with Gasteiger partial charge < -0.3 is 20.5 Å². The van der Waals surface area contributed by atoms with Gasteiger partial charge in [-0.15, -0.1) is 23.2 Å². The van der Waals surface area contributed by atoms with Gasteiger partial charge in [-0.3, -0.25) is 9.59 Å². The molecule has 0 heterocycles. The number of halogens is 6. The first-order valence-corrected chi connectivity index (χ1v) is 16.3. The molecule has 0 unspecified atom stereocenters. The summed E-state index contributed by atoms with van der Waals surface area (Å²) in [6.07, 6.45) is -3.06. The minimum atomic E-state index is -1.76. The van der Waals surface area contributed by atoms with E-state index in [1.165, 1.54) is 51.1 Å². The van der Waals surface area contributed by atoms with E-state index in [-0.39, 0.29) is 32.4 Å². The Morgan fingerprint density at radius 3 is 2.04 bits per heavy atom. The molecule has 1 aliphatic rings. The van der Waals surface area contributed by atoms with Crippen molar-refractivity contribution >= 4 is 99.1 Å². The molecule has 0 spiro atoms. The van der Waals surface area contributed by atoms with Gasteiger partial charge in [-0.05, 0) is 80.3 Å². The summed E-state index contributed by atoms with van der Waals surface area (Å²) in [4.78, 5) is 51.7. The van der Waals surface area contributed by atoms with Gasteiger partial charge in [0.2, 0.25) is 5.91 Å². The quantitative estimate of drug-likeness (QED) is 0.215. The van der Waals surface area contributed by atoms with Gasteiger partial charge in [-0.25, -0.2) is 14.0 Å². The maximum atomic E-state index is 16.1. The second kappa shape index (κ2) is 13.6. The SMILES string of the molecule is CC(C)(C)OC(=O)N(C(=O)O)c1ccc(NC(=O)c2cc(NC(=O)[C@H]3[C@H](c4cc(Cl)cc(Cl)c4)C3(Cl)Cl)ccc2Cl)c(C(C)(C)C)c1F. The van der Waals surface area contributed by atoms with Gasteiger partial charge in [0.25, 0.3) is 5.91 Å². The van der Waals surface area contributed by atoms with Gasteiger partial charge in [0.15, 0.2) is 5.82 Å². The van der Waals surface area contributed by atoms with Crippen LogP contribution in [-0.2, 0) is 14.9 Å². The second-order valence-electron chi connectivity index (χ2n) is 13.1. The van der Waals surface area contributed by atoms with Crippen LogP contribution in [-0.4, -0.2) is 39.0 Å². The standard InChI is InChI=1S/C33H31Cl5FN3O6/c1-31(2,3)24-21(9-10-22(26(24)39)42(29(45)46)30(47)48-32(4,5)6)41-27(43)19-14-18(7-8-20(19)36)40-28(44)25-23(33(25,37)38)15-11-16(34)13-17(35)12-15/h7-14,23,25H,1-6H3,(H,40,44)(H,41,43)(H,45,46)/t23-,25+/m0/s1. The number of amides is 4. The Balaban J connectivity index is 1.61. The van der Waals surface area contributed by atoms with Crippen LogP contribution in [0.5, 0.6) is 0 Å². The van der Waals surface area contributed by atoms with E-state index in [1.807, 2.05) is 0 Å². The molecule has 0 aromatic heterocycles. The number of nitrogens with one attached hydrogen (secondary N) is 2. The van der Waals surface area contributed by atoms with Crippen molar-refractivity contribution in [3.63, 3.8) is 0 Å². The number of alkyl halides is 2. The zero-order valence-electron chi connectivity index (χ0n) is 26.5. The Labute approximate surface area is 301 Å². The maximum Gasteiger partial charge on any atom is 0.424 e. The van der Waals surface area contributed by atoms with E-state index >= 15 is 4.39 Å². The van der Waals surface area contributed by atoms with Crippen LogP contribution in [0.4, 0.5) is 31.0 Å². The van der Waals surface area contributed by atoms with Gasteiger partial charge in [-0.1, -0.05) is 55.6 Å². The molecule has 3 aromatic rings. The number of rotatable bonds is 6. The molecule has 1 saturated carbocycles. The molecule has 0 radical (unpaired) electrons. The lowest BCUT2D eigenvalue weighted by Crippen LogP contribution is -2.41. The molecule has 4 amide bonds. The zero-order valence-corrected chi connectivity index (χ0v) is 30.3. The van der Waals surface area contributed by atoms with Crippen LogP contribution in [0.15, 0.2) is 48.5 Å². The van der Waals surface area contributed by atoms with E-state index in [0.29, 0.717) is 15.6 Å². The zero-order chi connectivity index (χ0) is 36.1. The fourth-order valence-electron chi connectivity index (χ4n) is 5.17. The summed E-state index contributed by atoms with van der Waals surface area (Å²) in [6, 6.07) is 11.3. The highest BCUT2D eigenvalue weighted by Gasteiger charge is 2.67. The molecule has 2 atom stereocenters. The van der Waals surface area contributed by atoms with Crippen molar-refractivity contribution in [1.82, 2.24) is 0 Å². The van der Waals surface area contributed by atoms with Crippen LogP contribution >= 0.6 is 58.0 Å². The van der Waals surface area contributed by atoms with Crippen LogP contribution in [0.1, 0.15) is 68.9 Å². The van der Waals surface area contributed by atoms with Gasteiger partial charge >= 0.3 is 12.2 Å². The highest BCUT2D eigenvalue weighted by atomic mass is 35.5. The number of nitrogens with zero attached hydrogens (tertiary/aromatic N) is 1. The van der Waals surface area contributed by atoms with Crippen molar-refractivity contribution in [3.05, 3.63) is 86.1 Å². The smallest absolute Gasteiger partial charge is 0.424 e. The number of carboxylic acid groups (broad SMARTS) is 1. The number of hydrogen-bond donors (Lipinski definition) is 3. The predicted octanol–water partition coefficient (Wildman–Crippen LogP) is 10.3. The lowest BCUT2D eigenvalue weighted by Gasteiger charge is -2.28. The van der Waals surface area contributed by atoms with Crippen LogP contribution < -0.4 is 15.5 Å². The first-order chi connectivity index (χ1) is 22.0. The summed E-state index contributed by atoms with van der Waals surface area (Å²) < 4.78 is 19.9. The normalized spacial score (nSPS) is 16.9. The lowest BCUT2D eigenvalue weighted by atomic mass is 9.84. The molecule has 3 aromatic carbocycles. The third kappa shape index (κ3) is 8.12. The Bertz CT molecular complexity index is 1800. The Kier molecular flexibility index (Phi) is 10.6. The summed E-state index contributed by atoms with van der Waals surface area (Å²) in [5.74, 6) is -3.84. The molecule has 256 valence electrons. The van der Waals surface area contributed by atoms with Crippen molar-refractivity contribution in [2.75, 3.05) is 15.5 Å². The molecule has 4 rings (SSSR count). The van der Waals surface area contributed by atoms with E-state index < -0.39 is 62.7 Å². The monoisotopic (exact) mass is 759 g/mol. The van der Waals surface area contributed by atoms with E-state index in [1.54, 1.807) is 32.9 Å². The minimum absolute atomic E-state index is 0.0103. The molecule has 1 fully saturated rings. The molecular formula is C33H31Cl5FN3O6. The molecule has 15 heteroatoms. The van der Waals surface area contributed by atoms with Crippen LogP contribution in [0.2, 0.25) is 15.1 Å².